The van der Waals surface area contributed by atoms with Crippen LogP contribution in [0.2, 0.25) is 0 Å². The van der Waals surface area contributed by atoms with E-state index >= 15 is 0 Å². The molecule has 0 spiro atoms. The van der Waals surface area contributed by atoms with Crippen molar-refractivity contribution in [1.82, 2.24) is 0 Å². The third kappa shape index (κ3) is 7.10. The van der Waals surface area contributed by atoms with Gasteiger partial charge in [0.05, 0.1) is 18.1 Å². The number of hydrogen-bond donors (Lipinski definition) is 2. The van der Waals surface area contributed by atoms with Crippen molar-refractivity contribution in [2.24, 2.45) is 10.6 Å². The molecule has 0 aliphatic heterocycles. The lowest BCUT2D eigenvalue weighted by atomic mass is 9.78. The highest BCUT2D eigenvalue weighted by Crippen LogP contribution is 2.34. The Bertz CT molecular complexity index is 817. The zero-order chi connectivity index (χ0) is 22.8. The van der Waals surface area contributed by atoms with Crippen LogP contribution in [0.25, 0.3) is 0 Å². The van der Waals surface area contributed by atoms with Crippen LogP contribution in [-0.2, 0) is 33.9 Å². The minimum atomic E-state index is -3.83. The molecule has 30 heavy (non-hydrogen) atoms. The Morgan fingerprint density at radius 3 is 1.93 bits per heavy atom. The van der Waals surface area contributed by atoms with Crippen LogP contribution in [0, 0.1) is 5.41 Å². The van der Waals surface area contributed by atoms with E-state index < -0.39 is 33.3 Å². The molecule has 0 aliphatic rings. The van der Waals surface area contributed by atoms with E-state index in [-0.39, 0.29) is 37.4 Å². The highest BCUT2D eigenvalue weighted by Gasteiger charge is 2.48. The molecule has 3 N–H and O–H groups in total. The van der Waals surface area contributed by atoms with E-state index in [0.29, 0.717) is 12.1 Å². The van der Waals surface area contributed by atoms with Crippen molar-refractivity contribution in [3.05, 3.63) is 24.3 Å². The first-order valence-corrected chi connectivity index (χ1v) is 11.4. The second kappa shape index (κ2) is 11.7. The van der Waals surface area contributed by atoms with Gasteiger partial charge >= 0.3 is 11.9 Å². The molecule has 1 rings (SSSR count). The van der Waals surface area contributed by atoms with Gasteiger partial charge in [0, 0.05) is 12.1 Å². The van der Waals surface area contributed by atoms with Crippen LogP contribution in [0.15, 0.2) is 29.2 Å². The molecule has 0 atom stereocenters. The number of nitrogens with one attached hydrogen (secondary N) is 1. The number of unbranched alkanes of at least 4 members (excludes halogenated alkanes) is 1. The fourth-order valence-corrected chi connectivity index (χ4v) is 3.43. The van der Waals surface area contributed by atoms with Gasteiger partial charge in [-0.3, -0.25) is 14.4 Å². The summed E-state index contributed by atoms with van der Waals surface area (Å²) in [6, 6.07) is 5.35. The molecule has 0 saturated carbocycles. The predicted octanol–water partition coefficient (Wildman–Crippen LogP) is 2.36. The van der Waals surface area contributed by atoms with Gasteiger partial charge in [0.1, 0.15) is 0 Å². The van der Waals surface area contributed by atoms with Crippen LogP contribution in [0.3, 0.4) is 0 Å². The molecule has 0 radical (unpaired) electrons. The lowest BCUT2D eigenvalue weighted by molar-refractivity contribution is -0.173. The second-order valence-corrected chi connectivity index (χ2v) is 8.31. The van der Waals surface area contributed by atoms with Gasteiger partial charge in [-0.2, -0.15) is 0 Å². The van der Waals surface area contributed by atoms with Gasteiger partial charge in [0.25, 0.3) is 0 Å². The van der Waals surface area contributed by atoms with Crippen molar-refractivity contribution in [3.63, 3.8) is 0 Å². The van der Waals surface area contributed by atoms with E-state index in [1.165, 1.54) is 24.3 Å². The summed E-state index contributed by atoms with van der Waals surface area (Å²) < 4.78 is 32.9. The first-order chi connectivity index (χ1) is 14.1. The zero-order valence-corrected chi connectivity index (χ0v) is 18.4. The number of sulfonamides is 1. The number of carbonyl (C=O) groups is 3. The number of benzene rings is 1. The van der Waals surface area contributed by atoms with Crippen molar-refractivity contribution >= 4 is 33.6 Å². The molecule has 10 heteroatoms. The minimum absolute atomic E-state index is 0.0637. The summed E-state index contributed by atoms with van der Waals surface area (Å²) in [5, 5.41) is 7.66. The number of nitrogens with two attached hydrogens (primary N) is 1. The fourth-order valence-electron chi connectivity index (χ4n) is 2.91. The van der Waals surface area contributed by atoms with Crippen LogP contribution in [0.5, 0.6) is 0 Å². The van der Waals surface area contributed by atoms with Crippen molar-refractivity contribution < 1.29 is 32.3 Å². The number of hydrogen-bond acceptors (Lipinski definition) is 7. The third-order valence-electron chi connectivity index (χ3n) is 4.53. The molecule has 0 saturated heterocycles. The number of esters is 2. The summed E-state index contributed by atoms with van der Waals surface area (Å²) >= 11 is 0. The van der Waals surface area contributed by atoms with Crippen molar-refractivity contribution in [2.45, 2.75) is 57.8 Å². The van der Waals surface area contributed by atoms with E-state index in [0.717, 1.165) is 6.42 Å². The Hall–Kier alpha value is -2.46. The van der Waals surface area contributed by atoms with Crippen LogP contribution in [0.1, 0.15) is 52.9 Å². The number of anilines is 1. The Balaban J connectivity index is 2.96. The van der Waals surface area contributed by atoms with Crippen LogP contribution < -0.4 is 10.5 Å². The predicted molar refractivity (Wildman–Crippen MR) is 111 cm³/mol. The van der Waals surface area contributed by atoms with Gasteiger partial charge in [-0.05, 0) is 51.0 Å². The number of amides is 1. The van der Waals surface area contributed by atoms with Crippen molar-refractivity contribution in [2.75, 3.05) is 18.5 Å². The smallest absolute Gasteiger partial charge is 0.323 e. The van der Waals surface area contributed by atoms with Crippen LogP contribution >= 0.6 is 0 Å². The number of ether oxygens (including phenoxy) is 2. The van der Waals surface area contributed by atoms with E-state index in [1.54, 1.807) is 13.8 Å². The van der Waals surface area contributed by atoms with Crippen LogP contribution in [0.4, 0.5) is 5.69 Å². The topological polar surface area (TPSA) is 142 Å². The summed E-state index contributed by atoms with van der Waals surface area (Å²) in [5.41, 5.74) is -1.18. The Morgan fingerprint density at radius 1 is 0.967 bits per heavy atom. The fraction of sp³-hybridized carbons (Fsp3) is 0.550. The first kappa shape index (κ1) is 25.6. The Labute approximate surface area is 177 Å². The Kier molecular flexibility index (Phi) is 9.94. The summed E-state index contributed by atoms with van der Waals surface area (Å²) in [6.07, 6.45) is 1.37. The maximum Gasteiger partial charge on any atom is 0.323 e. The first-order valence-electron chi connectivity index (χ1n) is 9.87. The average molecular weight is 443 g/mol. The Morgan fingerprint density at radius 2 is 1.50 bits per heavy atom. The molecule has 0 aliphatic carbocycles. The maximum atomic E-state index is 12.7. The van der Waals surface area contributed by atoms with Gasteiger partial charge in [-0.25, -0.2) is 13.6 Å². The van der Waals surface area contributed by atoms with Crippen molar-refractivity contribution in [3.8, 4) is 0 Å². The molecular formula is C20H30N2O7S. The summed E-state index contributed by atoms with van der Waals surface area (Å²) in [6.45, 7) is 5.43. The standard InChI is InChI=1S/C20H30N2O7S/c1-4-7-13-20(18(24)28-5-2,19(25)29-6-3)14-12-17(23)22-15-8-10-16(11-9-15)30(21,26)27/h8-11H,4-7,12-14H2,1-3H3,(H,22,23)(H2,21,26,27). The minimum Gasteiger partial charge on any atom is -0.465 e. The highest BCUT2D eigenvalue weighted by atomic mass is 32.2. The summed E-state index contributed by atoms with van der Waals surface area (Å²) in [7, 11) is -3.83. The molecule has 0 unspecified atom stereocenters. The summed E-state index contributed by atoms with van der Waals surface area (Å²) in [4.78, 5) is 37.7. The quantitative estimate of drug-likeness (QED) is 0.374. The van der Waals surface area contributed by atoms with E-state index in [2.05, 4.69) is 5.32 Å². The third-order valence-corrected chi connectivity index (χ3v) is 5.46. The molecule has 0 heterocycles. The van der Waals surface area contributed by atoms with Gasteiger partial charge < -0.3 is 14.8 Å². The molecule has 0 aromatic heterocycles. The van der Waals surface area contributed by atoms with Gasteiger partial charge in [0.15, 0.2) is 5.41 Å². The SMILES string of the molecule is CCCCC(CCC(=O)Nc1ccc(S(N)(=O)=O)cc1)(C(=O)OCC)C(=O)OCC. The molecule has 1 amide bonds. The monoisotopic (exact) mass is 442 g/mol. The average Bonchev–Trinajstić information content (AvgIpc) is 2.68. The largest absolute Gasteiger partial charge is 0.465 e. The lowest BCUT2D eigenvalue weighted by Gasteiger charge is -2.29. The summed E-state index contributed by atoms with van der Waals surface area (Å²) in [5.74, 6) is -1.82. The molecule has 9 nitrogen and oxygen atoms in total. The molecule has 0 bridgehead atoms. The molecule has 1 aromatic rings. The molecule has 0 fully saturated rings. The van der Waals surface area contributed by atoms with Crippen molar-refractivity contribution in [1.29, 1.82) is 0 Å². The molecule has 168 valence electrons. The maximum absolute atomic E-state index is 12.7. The number of carbonyl (C=O) groups excluding carboxylic acids is 3. The van der Waals surface area contributed by atoms with Gasteiger partial charge in [-0.15, -0.1) is 0 Å². The number of primary sulfonamides is 1. The molecule has 1 aromatic carbocycles. The van der Waals surface area contributed by atoms with Gasteiger partial charge in [-0.1, -0.05) is 19.8 Å². The molecular weight excluding hydrogens is 412 g/mol. The number of rotatable bonds is 12. The zero-order valence-electron chi connectivity index (χ0n) is 17.6. The van der Waals surface area contributed by atoms with E-state index in [4.69, 9.17) is 14.6 Å². The van der Waals surface area contributed by atoms with E-state index in [1.807, 2.05) is 6.92 Å². The van der Waals surface area contributed by atoms with Crippen LogP contribution in [-0.4, -0.2) is 39.5 Å². The lowest BCUT2D eigenvalue weighted by Crippen LogP contribution is -2.43. The second-order valence-electron chi connectivity index (χ2n) is 6.74. The van der Waals surface area contributed by atoms with Gasteiger partial charge in [0.2, 0.25) is 15.9 Å². The normalized spacial score (nSPS) is 11.6. The highest BCUT2D eigenvalue weighted by molar-refractivity contribution is 7.89. The van der Waals surface area contributed by atoms with E-state index in [9.17, 15) is 22.8 Å².